The number of carbonyl (C=O) groups is 1. The zero-order chi connectivity index (χ0) is 16.3. The topological polar surface area (TPSA) is 58.6 Å². The van der Waals surface area contributed by atoms with Gasteiger partial charge in [0.15, 0.2) is 0 Å². The van der Waals surface area contributed by atoms with Gasteiger partial charge in [-0.1, -0.05) is 27.2 Å². The van der Waals surface area contributed by atoms with Crippen LogP contribution in [0.25, 0.3) is 0 Å². The monoisotopic (exact) mass is 305 g/mol. The number of carbonyl (C=O) groups excluding carboxylic acids is 1. The smallest absolute Gasteiger partial charge is 0.217 e. The van der Waals surface area contributed by atoms with Crippen LogP contribution in [-0.2, 0) is 4.79 Å². The van der Waals surface area contributed by atoms with Gasteiger partial charge in [-0.05, 0) is 30.0 Å². The number of hydrogen-bond acceptors (Lipinski definition) is 3. The molecule has 1 aliphatic heterocycles. The molecule has 1 aromatic rings. The molecule has 0 spiro atoms. The van der Waals surface area contributed by atoms with E-state index in [4.69, 9.17) is 4.74 Å². The van der Waals surface area contributed by atoms with Crippen LogP contribution in [0.4, 0.5) is 0 Å². The number of aliphatic hydroxyl groups is 1. The predicted octanol–water partition coefficient (Wildman–Crippen LogP) is 3.60. The van der Waals surface area contributed by atoms with Crippen molar-refractivity contribution in [3.63, 3.8) is 0 Å². The summed E-state index contributed by atoms with van der Waals surface area (Å²) >= 11 is 0. The Labute approximate surface area is 132 Å². The van der Waals surface area contributed by atoms with E-state index in [9.17, 15) is 9.90 Å². The molecule has 0 aliphatic carbocycles. The van der Waals surface area contributed by atoms with Crippen molar-refractivity contribution in [1.29, 1.82) is 0 Å². The van der Waals surface area contributed by atoms with Crippen LogP contribution in [0.15, 0.2) is 12.1 Å². The Morgan fingerprint density at radius 3 is 2.77 bits per heavy atom. The number of nitrogens with one attached hydrogen (secondary N) is 1. The molecule has 0 bridgehead atoms. The summed E-state index contributed by atoms with van der Waals surface area (Å²) in [6.07, 6.45) is 1.87. The van der Waals surface area contributed by atoms with Crippen molar-refractivity contribution >= 4 is 5.91 Å². The minimum Gasteiger partial charge on any atom is -0.493 e. The van der Waals surface area contributed by atoms with E-state index in [1.165, 1.54) is 12.5 Å². The molecule has 122 valence electrons. The molecule has 1 heterocycles. The highest BCUT2D eigenvalue weighted by molar-refractivity contribution is 5.73. The molecule has 0 saturated heterocycles. The van der Waals surface area contributed by atoms with Crippen LogP contribution < -0.4 is 10.1 Å². The molecule has 0 saturated carbocycles. The molecule has 0 radical (unpaired) electrons. The molecular formula is C18H27NO3. The molecule has 1 amide bonds. The summed E-state index contributed by atoms with van der Waals surface area (Å²) in [5.41, 5.74) is 3.03. The van der Waals surface area contributed by atoms with Crippen LogP contribution >= 0.6 is 0 Å². The van der Waals surface area contributed by atoms with Crippen LogP contribution in [0.3, 0.4) is 0 Å². The molecular weight excluding hydrogens is 278 g/mol. The molecule has 0 aromatic heterocycles. The largest absolute Gasteiger partial charge is 0.493 e. The highest BCUT2D eigenvalue weighted by Crippen LogP contribution is 2.41. The number of ether oxygens (including phenoxy) is 1. The summed E-state index contributed by atoms with van der Waals surface area (Å²) in [4.78, 5) is 11.5. The van der Waals surface area contributed by atoms with Gasteiger partial charge in [0.05, 0.1) is 18.8 Å². The Kier molecular flexibility index (Phi) is 5.46. The van der Waals surface area contributed by atoms with Gasteiger partial charge in [0.25, 0.3) is 0 Å². The Morgan fingerprint density at radius 2 is 2.18 bits per heavy atom. The lowest BCUT2D eigenvalue weighted by Gasteiger charge is -2.30. The zero-order valence-electron chi connectivity index (χ0n) is 14.0. The Morgan fingerprint density at radius 1 is 1.45 bits per heavy atom. The van der Waals surface area contributed by atoms with Crippen LogP contribution in [0.1, 0.15) is 81.7 Å². The third-order valence-electron chi connectivity index (χ3n) is 4.16. The van der Waals surface area contributed by atoms with Crippen LogP contribution in [0, 0.1) is 0 Å². The first-order valence-corrected chi connectivity index (χ1v) is 8.19. The van der Waals surface area contributed by atoms with Crippen molar-refractivity contribution in [2.45, 2.75) is 65.0 Å². The van der Waals surface area contributed by atoms with E-state index in [1.54, 1.807) is 0 Å². The third-order valence-corrected chi connectivity index (χ3v) is 4.16. The fraction of sp³-hybridized carbons (Fsp3) is 0.611. The van der Waals surface area contributed by atoms with Crippen LogP contribution in [0.2, 0.25) is 0 Å². The van der Waals surface area contributed by atoms with Crippen molar-refractivity contribution in [3.8, 4) is 5.75 Å². The van der Waals surface area contributed by atoms with Gasteiger partial charge < -0.3 is 15.2 Å². The first-order valence-electron chi connectivity index (χ1n) is 8.19. The molecule has 2 rings (SSSR count). The van der Waals surface area contributed by atoms with Gasteiger partial charge in [0, 0.05) is 24.5 Å². The second kappa shape index (κ2) is 7.14. The Bertz CT molecular complexity index is 539. The summed E-state index contributed by atoms with van der Waals surface area (Å²) in [5, 5.41) is 13.5. The van der Waals surface area contributed by atoms with E-state index in [0.29, 0.717) is 18.9 Å². The van der Waals surface area contributed by atoms with E-state index >= 15 is 0 Å². The van der Waals surface area contributed by atoms with Gasteiger partial charge in [-0.25, -0.2) is 0 Å². The average molecular weight is 305 g/mol. The summed E-state index contributed by atoms with van der Waals surface area (Å²) in [5.74, 6) is 1.08. The lowest BCUT2D eigenvalue weighted by Crippen LogP contribution is -2.31. The minimum absolute atomic E-state index is 0.0347. The second-order valence-corrected chi connectivity index (χ2v) is 6.38. The molecule has 2 atom stereocenters. The maximum atomic E-state index is 11.5. The maximum absolute atomic E-state index is 11.5. The molecule has 0 fully saturated rings. The average Bonchev–Trinajstić information content (AvgIpc) is 2.46. The number of fused-ring (bicyclic) bond motifs is 1. The molecule has 2 unspecified atom stereocenters. The molecule has 1 aromatic carbocycles. The number of hydrogen-bond donors (Lipinski definition) is 2. The fourth-order valence-electron chi connectivity index (χ4n) is 2.96. The number of rotatable bonds is 5. The van der Waals surface area contributed by atoms with Crippen LogP contribution in [0.5, 0.6) is 5.75 Å². The van der Waals surface area contributed by atoms with Gasteiger partial charge in [-0.2, -0.15) is 0 Å². The summed E-state index contributed by atoms with van der Waals surface area (Å²) < 4.78 is 5.86. The van der Waals surface area contributed by atoms with Gasteiger partial charge in [-0.15, -0.1) is 0 Å². The van der Waals surface area contributed by atoms with E-state index in [-0.39, 0.29) is 11.9 Å². The normalized spacial score (nSPS) is 18.5. The number of aliphatic hydroxyl groups excluding tert-OH is 1. The maximum Gasteiger partial charge on any atom is 0.217 e. The number of benzene rings is 1. The van der Waals surface area contributed by atoms with E-state index < -0.39 is 6.10 Å². The lowest BCUT2D eigenvalue weighted by atomic mass is 9.89. The number of amides is 1. The summed E-state index contributed by atoms with van der Waals surface area (Å²) in [6.45, 7) is 8.42. The first-order chi connectivity index (χ1) is 10.4. The fourth-order valence-corrected chi connectivity index (χ4v) is 2.96. The van der Waals surface area contributed by atoms with Gasteiger partial charge in [-0.3, -0.25) is 4.79 Å². The zero-order valence-corrected chi connectivity index (χ0v) is 14.0. The SMILES string of the molecule is CCCC(O)c1cc(C(C)C)cc2c1OCCC2NC(C)=O. The van der Waals surface area contributed by atoms with Gasteiger partial charge in [0.1, 0.15) is 5.75 Å². The van der Waals surface area contributed by atoms with Gasteiger partial charge >= 0.3 is 0 Å². The highest BCUT2D eigenvalue weighted by Gasteiger charge is 2.27. The van der Waals surface area contributed by atoms with E-state index in [0.717, 1.165) is 29.7 Å². The van der Waals surface area contributed by atoms with Crippen molar-refractivity contribution in [2.75, 3.05) is 6.61 Å². The third kappa shape index (κ3) is 3.61. The standard InChI is InChI=1S/C18H27NO3/c1-5-6-17(21)15-10-13(11(2)3)9-14-16(19-12(4)20)7-8-22-18(14)15/h9-11,16-17,21H,5-8H2,1-4H3,(H,19,20). The second-order valence-electron chi connectivity index (χ2n) is 6.38. The molecule has 1 aliphatic rings. The molecule has 4 heteroatoms. The van der Waals surface area contributed by atoms with E-state index in [2.05, 4.69) is 38.2 Å². The molecule has 22 heavy (non-hydrogen) atoms. The van der Waals surface area contributed by atoms with Crippen LogP contribution in [-0.4, -0.2) is 17.6 Å². The summed E-state index contributed by atoms with van der Waals surface area (Å²) in [7, 11) is 0. The predicted molar refractivity (Wildman–Crippen MR) is 87.1 cm³/mol. The first kappa shape index (κ1) is 16.8. The minimum atomic E-state index is -0.520. The highest BCUT2D eigenvalue weighted by atomic mass is 16.5. The van der Waals surface area contributed by atoms with Crippen molar-refractivity contribution in [1.82, 2.24) is 5.32 Å². The van der Waals surface area contributed by atoms with Crippen molar-refractivity contribution in [2.24, 2.45) is 0 Å². The van der Waals surface area contributed by atoms with E-state index in [1.807, 2.05) is 0 Å². The summed E-state index contributed by atoms with van der Waals surface area (Å²) in [6, 6.07) is 4.13. The molecule has 2 N–H and O–H groups in total. The Hall–Kier alpha value is -1.55. The molecule has 4 nitrogen and oxygen atoms in total. The quantitative estimate of drug-likeness (QED) is 0.874. The van der Waals surface area contributed by atoms with Gasteiger partial charge in [0.2, 0.25) is 5.91 Å². The lowest BCUT2D eigenvalue weighted by molar-refractivity contribution is -0.119. The van der Waals surface area contributed by atoms with Crippen molar-refractivity contribution < 1.29 is 14.6 Å². The Balaban J connectivity index is 2.50. The van der Waals surface area contributed by atoms with Crippen molar-refractivity contribution in [3.05, 3.63) is 28.8 Å².